The van der Waals surface area contributed by atoms with Crippen molar-refractivity contribution in [3.8, 4) is 0 Å². The fraction of sp³-hybridized carbons (Fsp3) is 1.00. The molecule has 0 aliphatic carbocycles. The van der Waals surface area contributed by atoms with Crippen LogP contribution in [0.1, 0.15) is 32.1 Å². The molecule has 0 aromatic rings. The Labute approximate surface area is 75.9 Å². The molecule has 0 radical (unpaired) electrons. The molecule has 0 bridgehead atoms. The monoisotopic (exact) mass is 171 g/mol. The minimum absolute atomic E-state index is 0.913. The van der Waals surface area contributed by atoms with Crippen LogP contribution < -0.4 is 0 Å². The van der Waals surface area contributed by atoms with Crippen molar-refractivity contribution in [2.24, 2.45) is 0 Å². The van der Waals surface area contributed by atoms with Crippen molar-refractivity contribution >= 4 is 0 Å². The zero-order chi connectivity index (χ0) is 8.65. The van der Waals surface area contributed by atoms with Gasteiger partial charge in [-0.05, 0) is 26.4 Å². The summed E-state index contributed by atoms with van der Waals surface area (Å²) >= 11 is 0. The van der Waals surface area contributed by atoms with Gasteiger partial charge in [-0.15, -0.1) is 0 Å². The highest BCUT2D eigenvalue weighted by Crippen LogP contribution is 2.05. The van der Waals surface area contributed by atoms with Gasteiger partial charge in [-0.1, -0.05) is 19.3 Å². The molecule has 1 heterocycles. The lowest BCUT2D eigenvalue weighted by Gasteiger charge is -2.15. The van der Waals surface area contributed by atoms with Crippen LogP contribution in [-0.2, 0) is 4.74 Å². The molecule has 0 atom stereocenters. The number of nitrogens with zero attached hydrogens (tertiary/aromatic N) is 1. The molecule has 2 nitrogen and oxygen atoms in total. The second-order valence-corrected chi connectivity index (χ2v) is 3.68. The molecule has 0 saturated carbocycles. The highest BCUT2D eigenvalue weighted by Gasteiger charge is 2.00. The van der Waals surface area contributed by atoms with E-state index in [2.05, 4.69) is 11.9 Å². The van der Waals surface area contributed by atoms with Gasteiger partial charge in [0.05, 0.1) is 6.61 Å². The van der Waals surface area contributed by atoms with Crippen LogP contribution in [0.2, 0.25) is 0 Å². The van der Waals surface area contributed by atoms with Crippen molar-refractivity contribution in [3.63, 3.8) is 0 Å². The van der Waals surface area contributed by atoms with Crippen LogP contribution in [-0.4, -0.2) is 38.3 Å². The second kappa shape index (κ2) is 6.44. The molecular weight excluding hydrogens is 150 g/mol. The molecule has 1 rings (SSSR count). The van der Waals surface area contributed by atoms with E-state index in [9.17, 15) is 0 Å². The van der Waals surface area contributed by atoms with E-state index < -0.39 is 0 Å². The molecule has 1 fully saturated rings. The Balaban J connectivity index is 2.13. The maximum atomic E-state index is 5.49. The summed E-state index contributed by atoms with van der Waals surface area (Å²) in [5, 5.41) is 0. The number of rotatable bonds is 0. The number of likely N-dealkylation sites (N-methyl/N-ethyl adjacent to an activating group) is 1. The maximum Gasteiger partial charge on any atom is 0.0593 e. The van der Waals surface area contributed by atoms with Gasteiger partial charge in [-0.3, -0.25) is 0 Å². The van der Waals surface area contributed by atoms with Crippen LogP contribution in [0, 0.1) is 0 Å². The van der Waals surface area contributed by atoms with E-state index >= 15 is 0 Å². The minimum atomic E-state index is 0.913. The van der Waals surface area contributed by atoms with Gasteiger partial charge in [0.2, 0.25) is 0 Å². The summed E-state index contributed by atoms with van der Waals surface area (Å²) in [7, 11) is 2.18. The van der Waals surface area contributed by atoms with Crippen LogP contribution in [0.5, 0.6) is 0 Å². The van der Waals surface area contributed by atoms with Crippen molar-refractivity contribution in [1.29, 1.82) is 0 Å². The molecular formula is C10H21NO. The first-order valence-corrected chi connectivity index (χ1v) is 5.16. The number of ether oxygens (including phenoxy) is 1. The van der Waals surface area contributed by atoms with Gasteiger partial charge in [0, 0.05) is 13.2 Å². The molecule has 12 heavy (non-hydrogen) atoms. The van der Waals surface area contributed by atoms with Crippen molar-refractivity contribution in [2.45, 2.75) is 32.1 Å². The van der Waals surface area contributed by atoms with Crippen molar-refractivity contribution < 1.29 is 4.74 Å². The zero-order valence-corrected chi connectivity index (χ0v) is 8.22. The summed E-state index contributed by atoms with van der Waals surface area (Å²) in [5.41, 5.74) is 0. The molecule has 2 heteroatoms. The van der Waals surface area contributed by atoms with E-state index in [0.29, 0.717) is 0 Å². The second-order valence-electron chi connectivity index (χ2n) is 3.68. The van der Waals surface area contributed by atoms with E-state index in [-0.39, 0.29) is 0 Å². The molecule has 0 N–H and O–H groups in total. The van der Waals surface area contributed by atoms with Gasteiger partial charge in [-0.2, -0.15) is 0 Å². The zero-order valence-electron chi connectivity index (χ0n) is 8.22. The van der Waals surface area contributed by atoms with Gasteiger partial charge in [0.15, 0.2) is 0 Å². The molecule has 1 aliphatic rings. The van der Waals surface area contributed by atoms with Crippen molar-refractivity contribution in [3.05, 3.63) is 0 Å². The highest BCUT2D eigenvalue weighted by molar-refractivity contribution is 4.53. The molecule has 72 valence electrons. The van der Waals surface area contributed by atoms with Crippen LogP contribution in [0.25, 0.3) is 0 Å². The van der Waals surface area contributed by atoms with Crippen molar-refractivity contribution in [2.75, 3.05) is 33.4 Å². The molecule has 0 spiro atoms. The van der Waals surface area contributed by atoms with E-state index in [1.54, 1.807) is 0 Å². The predicted molar refractivity (Wildman–Crippen MR) is 51.4 cm³/mol. The van der Waals surface area contributed by atoms with Gasteiger partial charge >= 0.3 is 0 Å². The first-order valence-electron chi connectivity index (χ1n) is 5.16. The average Bonchev–Trinajstić information content (AvgIpc) is 2.11. The standard InChI is InChI=1S/C10H21NO/c1-11-7-5-3-2-4-6-9-12-10-8-11/h2-10H2,1H3. The molecule has 1 aliphatic heterocycles. The number of hydrogen-bond donors (Lipinski definition) is 0. The summed E-state index contributed by atoms with van der Waals surface area (Å²) in [4.78, 5) is 2.37. The Hall–Kier alpha value is -0.0800. The lowest BCUT2D eigenvalue weighted by atomic mass is 10.1. The van der Waals surface area contributed by atoms with E-state index in [4.69, 9.17) is 4.74 Å². The molecule has 1 saturated heterocycles. The fourth-order valence-corrected chi connectivity index (χ4v) is 1.55. The van der Waals surface area contributed by atoms with Crippen LogP contribution >= 0.6 is 0 Å². The normalized spacial score (nSPS) is 24.8. The molecule has 0 amide bonds. The predicted octanol–water partition coefficient (Wildman–Crippen LogP) is 1.90. The Bertz CT molecular complexity index is 94.0. The highest BCUT2D eigenvalue weighted by atomic mass is 16.5. The van der Waals surface area contributed by atoms with Gasteiger partial charge < -0.3 is 9.64 Å². The smallest absolute Gasteiger partial charge is 0.0593 e. The fourth-order valence-electron chi connectivity index (χ4n) is 1.55. The van der Waals surface area contributed by atoms with Crippen LogP contribution in [0.4, 0.5) is 0 Å². The third kappa shape index (κ3) is 4.73. The minimum Gasteiger partial charge on any atom is -0.380 e. The van der Waals surface area contributed by atoms with Crippen LogP contribution in [0.3, 0.4) is 0 Å². The summed E-state index contributed by atoms with van der Waals surface area (Å²) < 4.78 is 5.49. The quantitative estimate of drug-likeness (QED) is 0.552. The Kier molecular flexibility index (Phi) is 5.37. The summed E-state index contributed by atoms with van der Waals surface area (Å²) in [6, 6.07) is 0. The third-order valence-electron chi connectivity index (χ3n) is 2.45. The summed E-state index contributed by atoms with van der Waals surface area (Å²) in [5.74, 6) is 0. The van der Waals surface area contributed by atoms with Crippen molar-refractivity contribution in [1.82, 2.24) is 4.90 Å². The first-order chi connectivity index (χ1) is 5.89. The third-order valence-corrected chi connectivity index (χ3v) is 2.45. The van der Waals surface area contributed by atoms with Crippen LogP contribution in [0.15, 0.2) is 0 Å². The molecule has 0 aromatic carbocycles. The maximum absolute atomic E-state index is 5.49. The topological polar surface area (TPSA) is 12.5 Å². The molecule has 0 unspecified atom stereocenters. The van der Waals surface area contributed by atoms with Gasteiger partial charge in [-0.25, -0.2) is 0 Å². The lowest BCUT2D eigenvalue weighted by molar-refractivity contribution is 0.110. The summed E-state index contributed by atoms with van der Waals surface area (Å²) in [6.45, 7) is 4.22. The molecule has 0 aromatic heterocycles. The first kappa shape index (κ1) is 10.0. The number of hydrogen-bond acceptors (Lipinski definition) is 2. The summed E-state index contributed by atoms with van der Waals surface area (Å²) in [6.07, 6.45) is 6.74. The Morgan fingerprint density at radius 3 is 2.50 bits per heavy atom. The van der Waals surface area contributed by atoms with Gasteiger partial charge in [0.1, 0.15) is 0 Å². The SMILES string of the molecule is CN1CCCCCCCOCC1. The Morgan fingerprint density at radius 2 is 1.58 bits per heavy atom. The van der Waals surface area contributed by atoms with E-state index in [1.165, 1.54) is 38.6 Å². The van der Waals surface area contributed by atoms with E-state index in [0.717, 1.165) is 19.8 Å². The van der Waals surface area contributed by atoms with E-state index in [1.807, 2.05) is 0 Å². The Morgan fingerprint density at radius 1 is 0.833 bits per heavy atom. The average molecular weight is 171 g/mol. The lowest BCUT2D eigenvalue weighted by Crippen LogP contribution is -2.24. The van der Waals surface area contributed by atoms with Gasteiger partial charge in [0.25, 0.3) is 0 Å². The largest absolute Gasteiger partial charge is 0.380 e.